The minimum absolute atomic E-state index is 0.189. The number of aryl methyl sites for hydroxylation is 1. The predicted molar refractivity (Wildman–Crippen MR) is 93.4 cm³/mol. The van der Waals surface area contributed by atoms with Gasteiger partial charge in [-0.25, -0.2) is 4.39 Å². The van der Waals surface area contributed by atoms with Crippen molar-refractivity contribution >= 4 is 23.4 Å². The van der Waals surface area contributed by atoms with Crippen molar-refractivity contribution < 1.29 is 14.1 Å². The Kier molecular flexibility index (Phi) is 6.19. The third-order valence-corrected chi connectivity index (χ3v) is 4.27. The SMILES string of the molecule is CSc1ccc(C[NH+](C)CC(=O)Nc2ccc(C)cc2F)cc1. The van der Waals surface area contributed by atoms with Gasteiger partial charge in [-0.1, -0.05) is 18.2 Å². The van der Waals surface area contributed by atoms with Crippen LogP contribution in [-0.4, -0.2) is 25.8 Å². The van der Waals surface area contributed by atoms with Crippen LogP contribution in [0.5, 0.6) is 0 Å². The van der Waals surface area contributed by atoms with Crippen molar-refractivity contribution in [1.82, 2.24) is 0 Å². The zero-order valence-corrected chi connectivity index (χ0v) is 14.5. The van der Waals surface area contributed by atoms with Crippen LogP contribution in [-0.2, 0) is 11.3 Å². The number of rotatable bonds is 6. The van der Waals surface area contributed by atoms with E-state index in [-0.39, 0.29) is 18.1 Å². The fourth-order valence-corrected chi connectivity index (χ4v) is 2.75. The molecule has 0 fully saturated rings. The van der Waals surface area contributed by atoms with Crippen LogP contribution >= 0.6 is 11.8 Å². The van der Waals surface area contributed by atoms with Gasteiger partial charge in [0.05, 0.1) is 12.7 Å². The Morgan fingerprint density at radius 1 is 1.22 bits per heavy atom. The Labute approximate surface area is 140 Å². The van der Waals surface area contributed by atoms with Crippen LogP contribution in [0.2, 0.25) is 0 Å². The Bertz CT molecular complexity index is 673. The maximum absolute atomic E-state index is 13.7. The van der Waals surface area contributed by atoms with Gasteiger partial charge in [0.25, 0.3) is 5.91 Å². The molecule has 1 unspecified atom stereocenters. The molecule has 0 aliphatic carbocycles. The van der Waals surface area contributed by atoms with E-state index >= 15 is 0 Å². The van der Waals surface area contributed by atoms with Crippen LogP contribution in [0.15, 0.2) is 47.4 Å². The molecule has 0 heterocycles. The molecule has 3 nitrogen and oxygen atoms in total. The van der Waals surface area contributed by atoms with Crippen molar-refractivity contribution in [2.24, 2.45) is 0 Å². The summed E-state index contributed by atoms with van der Waals surface area (Å²) < 4.78 is 13.7. The number of nitrogens with one attached hydrogen (secondary N) is 2. The van der Waals surface area contributed by atoms with E-state index in [2.05, 4.69) is 29.6 Å². The molecule has 0 aliphatic heterocycles. The number of hydrogen-bond donors (Lipinski definition) is 2. The number of likely N-dealkylation sites (N-methyl/N-ethyl adjacent to an activating group) is 1. The number of hydrogen-bond acceptors (Lipinski definition) is 2. The predicted octanol–water partition coefficient (Wildman–Crippen LogP) is 2.51. The zero-order valence-electron chi connectivity index (χ0n) is 13.7. The largest absolute Gasteiger partial charge is 0.326 e. The van der Waals surface area contributed by atoms with Gasteiger partial charge in [0.15, 0.2) is 6.54 Å². The lowest BCUT2D eigenvalue weighted by Gasteiger charge is -2.14. The zero-order chi connectivity index (χ0) is 16.8. The fourth-order valence-electron chi connectivity index (χ4n) is 2.34. The lowest BCUT2D eigenvalue weighted by atomic mass is 10.2. The Hall–Kier alpha value is -1.85. The van der Waals surface area contributed by atoms with Gasteiger partial charge >= 0.3 is 0 Å². The maximum atomic E-state index is 13.7. The van der Waals surface area contributed by atoms with Gasteiger partial charge in [-0.15, -0.1) is 11.8 Å². The van der Waals surface area contributed by atoms with Crippen molar-refractivity contribution in [3.8, 4) is 0 Å². The van der Waals surface area contributed by atoms with Crippen LogP contribution < -0.4 is 10.2 Å². The monoisotopic (exact) mass is 333 g/mol. The number of quaternary nitrogens is 1. The Morgan fingerprint density at radius 3 is 2.52 bits per heavy atom. The molecular weight excluding hydrogens is 311 g/mol. The number of carbonyl (C=O) groups is 1. The molecule has 0 saturated carbocycles. The molecular formula is C18H22FN2OS+. The number of benzene rings is 2. The van der Waals surface area contributed by atoms with Crippen molar-refractivity contribution in [3.63, 3.8) is 0 Å². The van der Waals surface area contributed by atoms with Crippen molar-refractivity contribution in [2.45, 2.75) is 18.4 Å². The molecule has 2 N–H and O–H groups in total. The first-order valence-electron chi connectivity index (χ1n) is 7.48. The van der Waals surface area contributed by atoms with Gasteiger partial charge in [0, 0.05) is 10.5 Å². The average molecular weight is 333 g/mol. The molecule has 0 aromatic heterocycles. The summed E-state index contributed by atoms with van der Waals surface area (Å²) in [4.78, 5) is 14.3. The van der Waals surface area contributed by atoms with Crippen LogP contribution in [0.25, 0.3) is 0 Å². The highest BCUT2D eigenvalue weighted by molar-refractivity contribution is 7.98. The molecule has 0 bridgehead atoms. The third kappa shape index (κ3) is 5.37. The summed E-state index contributed by atoms with van der Waals surface area (Å²) in [6.45, 7) is 2.85. The summed E-state index contributed by atoms with van der Waals surface area (Å²) in [5.74, 6) is -0.588. The molecule has 5 heteroatoms. The molecule has 122 valence electrons. The minimum atomic E-state index is -0.399. The number of carbonyl (C=O) groups excluding carboxylic acids is 1. The molecule has 2 aromatic carbocycles. The van der Waals surface area contributed by atoms with E-state index in [1.807, 2.05) is 20.2 Å². The van der Waals surface area contributed by atoms with Crippen LogP contribution in [0.4, 0.5) is 10.1 Å². The quantitative estimate of drug-likeness (QED) is 0.797. The summed E-state index contributed by atoms with van der Waals surface area (Å²) in [6.07, 6.45) is 2.04. The van der Waals surface area contributed by atoms with Gasteiger partial charge < -0.3 is 10.2 Å². The Morgan fingerprint density at radius 2 is 1.91 bits per heavy atom. The topological polar surface area (TPSA) is 33.5 Å². The first-order valence-corrected chi connectivity index (χ1v) is 8.70. The normalized spacial score (nSPS) is 12.0. The van der Waals surface area contributed by atoms with Crippen molar-refractivity contribution in [1.29, 1.82) is 0 Å². The van der Waals surface area contributed by atoms with Crippen molar-refractivity contribution in [3.05, 3.63) is 59.4 Å². The summed E-state index contributed by atoms with van der Waals surface area (Å²) in [6, 6.07) is 13.1. The van der Waals surface area contributed by atoms with Gasteiger partial charge in [0.2, 0.25) is 0 Å². The molecule has 0 aliphatic rings. The van der Waals surface area contributed by atoms with E-state index in [1.54, 1.807) is 23.9 Å². The van der Waals surface area contributed by atoms with E-state index < -0.39 is 5.82 Å². The highest BCUT2D eigenvalue weighted by Gasteiger charge is 2.13. The number of amides is 1. The third-order valence-electron chi connectivity index (χ3n) is 3.53. The highest BCUT2D eigenvalue weighted by Crippen LogP contribution is 2.15. The van der Waals surface area contributed by atoms with Gasteiger partial charge in [-0.3, -0.25) is 4.79 Å². The van der Waals surface area contributed by atoms with Gasteiger partial charge in [-0.2, -0.15) is 0 Å². The maximum Gasteiger partial charge on any atom is 0.279 e. The average Bonchev–Trinajstić information content (AvgIpc) is 2.50. The highest BCUT2D eigenvalue weighted by atomic mass is 32.2. The van der Waals surface area contributed by atoms with Crippen molar-refractivity contribution in [2.75, 3.05) is 25.2 Å². The second-order valence-electron chi connectivity index (χ2n) is 5.69. The van der Waals surface area contributed by atoms with E-state index in [4.69, 9.17) is 0 Å². The number of thioether (sulfide) groups is 1. The standard InChI is InChI=1S/C18H21FN2OS/c1-13-4-9-17(16(19)10-13)20-18(22)12-21(2)11-14-5-7-15(23-3)8-6-14/h4-10H,11-12H2,1-3H3,(H,20,22)/p+1. The van der Waals surface area contributed by atoms with E-state index in [1.165, 1.54) is 16.5 Å². The van der Waals surface area contributed by atoms with E-state index in [0.29, 0.717) is 0 Å². The molecule has 0 spiro atoms. The molecule has 0 saturated heterocycles. The molecule has 1 amide bonds. The number of anilines is 1. The summed E-state index contributed by atoms with van der Waals surface area (Å²) in [5.41, 5.74) is 2.24. The number of halogens is 1. The fraction of sp³-hybridized carbons (Fsp3) is 0.278. The minimum Gasteiger partial charge on any atom is -0.326 e. The molecule has 1 atom stereocenters. The smallest absolute Gasteiger partial charge is 0.279 e. The van der Waals surface area contributed by atoms with Crippen LogP contribution in [0.3, 0.4) is 0 Å². The molecule has 2 aromatic rings. The van der Waals surface area contributed by atoms with Crippen LogP contribution in [0, 0.1) is 12.7 Å². The lowest BCUT2D eigenvalue weighted by Crippen LogP contribution is -3.08. The first-order chi connectivity index (χ1) is 11.0. The summed E-state index contributed by atoms with van der Waals surface area (Å²) in [5, 5.41) is 2.63. The van der Waals surface area contributed by atoms with Crippen LogP contribution in [0.1, 0.15) is 11.1 Å². The first kappa shape index (κ1) is 17.5. The molecule has 0 radical (unpaired) electrons. The second-order valence-corrected chi connectivity index (χ2v) is 6.57. The summed E-state index contributed by atoms with van der Waals surface area (Å²) >= 11 is 1.70. The second kappa shape index (κ2) is 8.13. The molecule has 23 heavy (non-hydrogen) atoms. The van der Waals surface area contributed by atoms with E-state index in [0.717, 1.165) is 17.0 Å². The van der Waals surface area contributed by atoms with E-state index in [9.17, 15) is 9.18 Å². The molecule has 2 rings (SSSR count). The summed E-state index contributed by atoms with van der Waals surface area (Å²) in [7, 11) is 1.95. The lowest BCUT2D eigenvalue weighted by molar-refractivity contribution is -0.885. The Balaban J connectivity index is 1.88. The van der Waals surface area contributed by atoms with Gasteiger partial charge in [0.1, 0.15) is 12.4 Å². The van der Waals surface area contributed by atoms with Gasteiger partial charge in [-0.05, 0) is 43.0 Å².